The van der Waals surface area contributed by atoms with Gasteiger partial charge in [-0.1, -0.05) is 0 Å². The van der Waals surface area contributed by atoms with Gasteiger partial charge in [-0.05, 0) is 85.4 Å². The number of rotatable bonds is 1. The summed E-state index contributed by atoms with van der Waals surface area (Å²) < 4.78 is 0. The van der Waals surface area contributed by atoms with E-state index < -0.39 is 0 Å². The van der Waals surface area contributed by atoms with E-state index in [-0.39, 0.29) is 0 Å². The Hall–Kier alpha value is -0.0400. The number of aliphatic hydroxyl groups excluding tert-OH is 1. The second-order valence-corrected chi connectivity index (χ2v) is 7.83. The molecule has 0 unspecified atom stereocenters. The van der Waals surface area contributed by atoms with Crippen molar-refractivity contribution in [2.45, 2.75) is 38.5 Å². The van der Waals surface area contributed by atoms with Crippen LogP contribution in [0, 0.1) is 46.8 Å². The van der Waals surface area contributed by atoms with E-state index in [1.807, 2.05) is 0 Å². The van der Waals surface area contributed by atoms with Crippen LogP contribution >= 0.6 is 0 Å². The van der Waals surface area contributed by atoms with Gasteiger partial charge in [0.15, 0.2) is 0 Å². The van der Waals surface area contributed by atoms with Gasteiger partial charge in [0.1, 0.15) is 0 Å². The molecule has 7 saturated carbocycles. The fraction of sp³-hybridized carbons (Fsp3) is 1.00. The number of hydrogen-bond donors (Lipinski definition) is 1. The third-order valence-corrected chi connectivity index (χ3v) is 7.46. The molecule has 0 radical (unpaired) electrons. The third kappa shape index (κ3) is 0.805. The van der Waals surface area contributed by atoms with Gasteiger partial charge >= 0.3 is 0 Å². The molecule has 0 aromatic rings. The van der Waals surface area contributed by atoms with Crippen LogP contribution in [0.4, 0.5) is 0 Å². The van der Waals surface area contributed by atoms with E-state index in [2.05, 4.69) is 0 Å². The van der Waals surface area contributed by atoms with Gasteiger partial charge in [0.25, 0.3) is 0 Å². The summed E-state index contributed by atoms with van der Waals surface area (Å²) in [6.07, 6.45) is 8.88. The monoisotopic (exact) mass is 218 g/mol. The maximum Gasteiger partial charge on any atom is 0.0487 e. The Kier molecular flexibility index (Phi) is 1.42. The lowest BCUT2D eigenvalue weighted by molar-refractivity contribution is -0.239. The minimum atomic E-state index is 0.397. The van der Waals surface area contributed by atoms with Crippen LogP contribution in [0.15, 0.2) is 0 Å². The van der Waals surface area contributed by atoms with E-state index in [9.17, 15) is 5.11 Å². The van der Waals surface area contributed by atoms with Crippen molar-refractivity contribution in [3.8, 4) is 0 Å². The molecule has 1 heteroatoms. The van der Waals surface area contributed by atoms with Gasteiger partial charge in [-0.3, -0.25) is 0 Å². The predicted molar refractivity (Wildman–Crippen MR) is 61.7 cm³/mol. The minimum absolute atomic E-state index is 0.397. The molecule has 7 fully saturated rings. The standard InChI is InChI=1S/C15H22O/c16-7-15-4-12-9-1-8-2-10(12)14(6-15)11(3-8)13(9)5-15/h8-14,16H,1-7H2. The van der Waals surface area contributed by atoms with Gasteiger partial charge in [-0.15, -0.1) is 0 Å². The van der Waals surface area contributed by atoms with Crippen molar-refractivity contribution < 1.29 is 5.11 Å². The quantitative estimate of drug-likeness (QED) is 0.717. The van der Waals surface area contributed by atoms with Crippen molar-refractivity contribution in [3.05, 3.63) is 0 Å². The smallest absolute Gasteiger partial charge is 0.0487 e. The summed E-state index contributed by atoms with van der Waals surface area (Å²) in [5, 5.41) is 9.79. The highest BCUT2D eigenvalue weighted by Gasteiger charge is 2.66. The lowest BCUT2D eigenvalue weighted by atomic mass is 9.33. The Morgan fingerprint density at radius 1 is 0.750 bits per heavy atom. The van der Waals surface area contributed by atoms with Gasteiger partial charge in [-0.2, -0.15) is 0 Å². The van der Waals surface area contributed by atoms with Crippen molar-refractivity contribution >= 4 is 0 Å². The zero-order chi connectivity index (χ0) is 10.5. The predicted octanol–water partition coefficient (Wildman–Crippen LogP) is 2.69. The molecule has 0 aromatic heterocycles. The summed E-state index contributed by atoms with van der Waals surface area (Å²) >= 11 is 0. The van der Waals surface area contributed by atoms with Crippen molar-refractivity contribution in [1.82, 2.24) is 0 Å². The van der Waals surface area contributed by atoms with Gasteiger partial charge in [0.2, 0.25) is 0 Å². The SMILES string of the molecule is OCC12CC3C4CC5CC3C(C1)C(C5)C4C2. The van der Waals surface area contributed by atoms with Crippen LogP contribution in [0.5, 0.6) is 0 Å². The highest BCUT2D eigenvalue weighted by molar-refractivity contribution is 5.15. The Morgan fingerprint density at radius 2 is 1.19 bits per heavy atom. The van der Waals surface area contributed by atoms with Crippen LogP contribution in [0.25, 0.3) is 0 Å². The highest BCUT2D eigenvalue weighted by atomic mass is 16.3. The summed E-state index contributed by atoms with van der Waals surface area (Å²) in [7, 11) is 0. The first-order valence-electron chi connectivity index (χ1n) is 7.40. The van der Waals surface area contributed by atoms with E-state index in [1.54, 1.807) is 19.3 Å². The summed E-state index contributed by atoms with van der Waals surface area (Å²) in [4.78, 5) is 0. The minimum Gasteiger partial charge on any atom is -0.396 e. The molecule has 0 amide bonds. The molecule has 7 aliphatic rings. The largest absolute Gasteiger partial charge is 0.396 e. The molecule has 0 atom stereocenters. The first kappa shape index (κ1) is 8.97. The van der Waals surface area contributed by atoms with Crippen LogP contribution in [-0.2, 0) is 0 Å². The van der Waals surface area contributed by atoms with E-state index in [1.165, 1.54) is 19.3 Å². The molecule has 0 aliphatic heterocycles. The van der Waals surface area contributed by atoms with E-state index >= 15 is 0 Å². The lowest BCUT2D eigenvalue weighted by Gasteiger charge is -2.72. The molecule has 88 valence electrons. The summed E-state index contributed by atoms with van der Waals surface area (Å²) in [5.74, 6) is 7.52. The summed E-state index contributed by atoms with van der Waals surface area (Å²) in [6.45, 7) is 0.492. The second kappa shape index (κ2) is 2.53. The van der Waals surface area contributed by atoms with E-state index in [0.29, 0.717) is 12.0 Å². The number of hydrogen-bond acceptors (Lipinski definition) is 1. The zero-order valence-corrected chi connectivity index (χ0v) is 9.94. The zero-order valence-electron chi connectivity index (χ0n) is 9.94. The first-order chi connectivity index (χ1) is 7.80. The fourth-order valence-electron chi connectivity index (χ4n) is 7.25. The molecule has 8 bridgehead atoms. The third-order valence-electron chi connectivity index (χ3n) is 7.46. The van der Waals surface area contributed by atoms with Crippen molar-refractivity contribution in [2.75, 3.05) is 6.61 Å². The maximum absolute atomic E-state index is 9.79. The highest BCUT2D eigenvalue weighted by Crippen LogP contribution is 2.74. The van der Waals surface area contributed by atoms with Gasteiger partial charge in [-0.25, -0.2) is 0 Å². The van der Waals surface area contributed by atoms with Crippen LogP contribution in [0.2, 0.25) is 0 Å². The van der Waals surface area contributed by atoms with Crippen LogP contribution in [-0.4, -0.2) is 11.7 Å². The van der Waals surface area contributed by atoms with Crippen LogP contribution < -0.4 is 0 Å². The summed E-state index contributed by atoms with van der Waals surface area (Å²) in [6, 6.07) is 0. The topological polar surface area (TPSA) is 20.2 Å². The van der Waals surface area contributed by atoms with Crippen LogP contribution in [0.1, 0.15) is 38.5 Å². The molecule has 7 rings (SSSR count). The second-order valence-electron chi connectivity index (χ2n) is 7.83. The summed E-state index contributed by atoms with van der Waals surface area (Å²) in [5.41, 5.74) is 0.397. The van der Waals surface area contributed by atoms with Crippen molar-refractivity contribution in [2.24, 2.45) is 46.8 Å². The first-order valence-corrected chi connectivity index (χ1v) is 7.40. The molecular weight excluding hydrogens is 196 g/mol. The van der Waals surface area contributed by atoms with Crippen molar-refractivity contribution in [1.29, 1.82) is 0 Å². The average Bonchev–Trinajstić information content (AvgIpc) is 2.35. The average molecular weight is 218 g/mol. The molecule has 1 nitrogen and oxygen atoms in total. The maximum atomic E-state index is 9.79. The molecule has 16 heavy (non-hydrogen) atoms. The van der Waals surface area contributed by atoms with E-state index in [0.717, 1.165) is 41.4 Å². The lowest BCUT2D eigenvalue weighted by Crippen LogP contribution is -2.65. The molecule has 0 aromatic carbocycles. The normalized spacial score (nSPS) is 69.2. The van der Waals surface area contributed by atoms with Gasteiger partial charge < -0.3 is 5.11 Å². The Bertz CT molecular complexity index is 287. The molecule has 0 heterocycles. The van der Waals surface area contributed by atoms with Gasteiger partial charge in [0.05, 0.1) is 0 Å². The van der Waals surface area contributed by atoms with Crippen molar-refractivity contribution in [3.63, 3.8) is 0 Å². The Morgan fingerprint density at radius 3 is 1.56 bits per heavy atom. The molecule has 1 N–H and O–H groups in total. The van der Waals surface area contributed by atoms with Gasteiger partial charge in [0, 0.05) is 6.61 Å². The molecule has 0 spiro atoms. The van der Waals surface area contributed by atoms with E-state index in [4.69, 9.17) is 0 Å². The number of aliphatic hydroxyl groups is 1. The molecule has 7 aliphatic carbocycles. The molecule has 0 saturated heterocycles. The van der Waals surface area contributed by atoms with Crippen LogP contribution in [0.3, 0.4) is 0 Å². The Labute approximate surface area is 97.6 Å². The Balaban J connectivity index is 1.65. The molecular formula is C15H22O. The fourth-order valence-corrected chi connectivity index (χ4v) is 7.25.